The summed E-state index contributed by atoms with van der Waals surface area (Å²) in [6.07, 6.45) is -1.50. The van der Waals surface area contributed by atoms with E-state index in [1.807, 2.05) is 0 Å². The van der Waals surface area contributed by atoms with Gasteiger partial charge in [0.15, 0.2) is 11.4 Å². The minimum absolute atomic E-state index is 0.194. The van der Waals surface area contributed by atoms with Crippen LogP contribution in [0.3, 0.4) is 0 Å². The Hall–Kier alpha value is -3.43. The second-order valence-electron chi connectivity index (χ2n) is 9.97. The summed E-state index contributed by atoms with van der Waals surface area (Å²) < 4.78 is 43.9. The molecule has 2 aliphatic rings. The number of nitrogens with two attached hydrogens (primary N) is 1. The van der Waals surface area contributed by atoms with Gasteiger partial charge in [-0.3, -0.25) is 14.3 Å². The van der Waals surface area contributed by atoms with Crippen molar-refractivity contribution >= 4 is 31.3 Å². The Kier molecular flexibility index (Phi) is 8.89. The van der Waals surface area contributed by atoms with Gasteiger partial charge in [-0.2, -0.15) is 10.2 Å². The van der Waals surface area contributed by atoms with Crippen molar-refractivity contribution in [2.24, 2.45) is 4.99 Å². The van der Waals surface area contributed by atoms with E-state index in [4.69, 9.17) is 29.0 Å². The lowest BCUT2D eigenvalue weighted by Crippen LogP contribution is -2.49. The fourth-order valence-electron chi connectivity index (χ4n) is 4.79. The minimum atomic E-state index is -4.35. The molecule has 5 rings (SSSR count). The van der Waals surface area contributed by atoms with E-state index in [1.165, 1.54) is 31.0 Å². The van der Waals surface area contributed by atoms with Crippen LogP contribution in [0.15, 0.2) is 53.8 Å². The first kappa shape index (κ1) is 30.0. The lowest BCUT2D eigenvalue weighted by atomic mass is 9.96. The van der Waals surface area contributed by atoms with Crippen molar-refractivity contribution in [2.75, 3.05) is 32.6 Å². The molecule has 0 spiro atoms. The zero-order chi connectivity index (χ0) is 29.9. The molecule has 0 amide bonds. The van der Waals surface area contributed by atoms with Gasteiger partial charge in [0.25, 0.3) is 0 Å². The summed E-state index contributed by atoms with van der Waals surface area (Å²) in [6.45, 7) is 1.63. The van der Waals surface area contributed by atoms with Crippen LogP contribution in [0.5, 0.6) is 5.75 Å². The summed E-state index contributed by atoms with van der Waals surface area (Å²) in [5.41, 5.74) is 5.02. The number of aliphatic hydroxyl groups is 2. The highest BCUT2D eigenvalue weighted by molar-refractivity contribution is 7.52. The molecule has 2 aromatic heterocycles. The molecule has 1 aromatic carbocycles. The molecule has 42 heavy (non-hydrogen) atoms. The fourth-order valence-corrected chi connectivity index (χ4v) is 6.32. The molecule has 0 radical (unpaired) electrons. The largest absolute Gasteiger partial charge is 0.459 e. The van der Waals surface area contributed by atoms with E-state index in [2.05, 4.69) is 20.2 Å². The van der Waals surface area contributed by atoms with Crippen LogP contribution in [0.4, 0.5) is 5.82 Å². The number of hydrogen-bond acceptors (Lipinski definition) is 13. The van der Waals surface area contributed by atoms with Crippen LogP contribution < -0.4 is 15.3 Å². The number of esters is 1. The van der Waals surface area contributed by atoms with Gasteiger partial charge in [-0.05, 0) is 31.2 Å². The molecule has 0 saturated carbocycles. The standard InChI is InChI=1S/C26H33N6O9P/c1-16(25(35)39-18-10-11-37-12-18)31-42(36,41-17-6-4-3-5-7-17)38-14-26(13-28-2)23(34)21(33)22(40-26)19-8-9-20-24(27)29-15-30-32(19)20/h3-9,13,15-16,18,21-23,33-34H,10-12,14H2,1-2H3,(H,31,36)(H2,27,29,30)/b28-13+/t16-,18-,21-,22-,23-,26+,42-/m0/s1. The maximum Gasteiger partial charge on any atom is 0.459 e. The first-order valence-electron chi connectivity index (χ1n) is 13.3. The molecule has 0 aliphatic carbocycles. The maximum atomic E-state index is 14.1. The van der Waals surface area contributed by atoms with Gasteiger partial charge in [0.2, 0.25) is 0 Å². The van der Waals surface area contributed by atoms with Crippen LogP contribution in [0, 0.1) is 0 Å². The van der Waals surface area contributed by atoms with Gasteiger partial charge in [-0.25, -0.2) is 14.1 Å². The highest BCUT2D eigenvalue weighted by Gasteiger charge is 2.56. The zero-order valence-electron chi connectivity index (χ0n) is 23.0. The highest BCUT2D eigenvalue weighted by Crippen LogP contribution is 2.48. The van der Waals surface area contributed by atoms with E-state index in [-0.39, 0.29) is 18.2 Å². The summed E-state index contributed by atoms with van der Waals surface area (Å²) in [6, 6.07) is 10.4. The van der Waals surface area contributed by atoms with E-state index >= 15 is 0 Å². The number of ether oxygens (including phenoxy) is 3. The number of anilines is 1. The summed E-state index contributed by atoms with van der Waals surface area (Å²) in [5, 5.41) is 29.1. The van der Waals surface area contributed by atoms with Gasteiger partial charge in [-0.15, -0.1) is 0 Å². The van der Waals surface area contributed by atoms with Crippen molar-refractivity contribution in [3.05, 3.63) is 54.5 Å². The predicted molar refractivity (Wildman–Crippen MR) is 149 cm³/mol. The maximum absolute atomic E-state index is 14.1. The Morgan fingerprint density at radius 2 is 2.12 bits per heavy atom. The molecule has 2 aliphatic heterocycles. The monoisotopic (exact) mass is 604 g/mol. The van der Waals surface area contributed by atoms with Crippen LogP contribution in [0.2, 0.25) is 0 Å². The number of rotatable bonds is 11. The molecule has 4 heterocycles. The number of nitrogen functional groups attached to an aromatic ring is 1. The quantitative estimate of drug-likeness (QED) is 0.138. The highest BCUT2D eigenvalue weighted by atomic mass is 31.2. The van der Waals surface area contributed by atoms with E-state index < -0.39 is 56.4 Å². The number of carbonyl (C=O) groups is 1. The topological polar surface area (TPSA) is 201 Å². The normalized spacial score (nSPS) is 28.2. The molecule has 0 bridgehead atoms. The Morgan fingerprint density at radius 1 is 1.33 bits per heavy atom. The van der Waals surface area contributed by atoms with Crippen molar-refractivity contribution in [1.82, 2.24) is 19.7 Å². The first-order valence-corrected chi connectivity index (χ1v) is 14.8. The molecule has 226 valence electrons. The number of para-hydroxylation sites is 1. The molecule has 7 atom stereocenters. The number of aliphatic imine (C=N–C) groups is 1. The van der Waals surface area contributed by atoms with Crippen molar-refractivity contribution in [3.63, 3.8) is 0 Å². The first-order chi connectivity index (χ1) is 20.1. The Bertz CT molecular complexity index is 1470. The molecule has 2 saturated heterocycles. The number of carbonyl (C=O) groups excluding carboxylic acids is 1. The summed E-state index contributed by atoms with van der Waals surface area (Å²) in [5.74, 6) is -0.268. The van der Waals surface area contributed by atoms with Crippen LogP contribution in [0.25, 0.3) is 5.52 Å². The van der Waals surface area contributed by atoms with E-state index in [1.54, 1.807) is 42.5 Å². The molecule has 0 unspecified atom stereocenters. The lowest BCUT2D eigenvalue weighted by molar-refractivity contribution is -0.150. The van der Waals surface area contributed by atoms with Gasteiger partial charge in [0.05, 0.1) is 25.5 Å². The molecule has 16 heteroatoms. The van der Waals surface area contributed by atoms with Gasteiger partial charge in [0, 0.05) is 19.7 Å². The van der Waals surface area contributed by atoms with Crippen molar-refractivity contribution in [3.8, 4) is 5.75 Å². The van der Waals surface area contributed by atoms with E-state index in [9.17, 15) is 19.6 Å². The number of nitrogens with zero attached hydrogens (tertiary/aromatic N) is 4. The van der Waals surface area contributed by atoms with Crippen molar-refractivity contribution in [2.45, 2.75) is 49.4 Å². The summed E-state index contributed by atoms with van der Waals surface area (Å²) in [7, 11) is -2.90. The Balaban J connectivity index is 1.39. The number of nitrogens with one attached hydrogen (secondary N) is 1. The molecule has 2 fully saturated rings. The molecule has 15 nitrogen and oxygen atoms in total. The number of hydrogen-bond donors (Lipinski definition) is 4. The second-order valence-corrected chi connectivity index (χ2v) is 11.7. The number of benzene rings is 1. The fraction of sp³-hybridized carbons (Fsp3) is 0.462. The summed E-state index contributed by atoms with van der Waals surface area (Å²) in [4.78, 5) is 20.7. The number of aliphatic hydroxyl groups excluding tert-OH is 2. The SMILES string of the molecule is C/N=C/[C@]1(CO[P@@](=O)(N[C@@H](C)C(=O)O[C@H]2CCOC2)Oc2ccccc2)O[C@@H](c2ccc3c(N)ncnn23)[C@H](O)[C@@H]1O. The van der Waals surface area contributed by atoms with Crippen LogP contribution in [0.1, 0.15) is 25.1 Å². The summed E-state index contributed by atoms with van der Waals surface area (Å²) >= 11 is 0. The van der Waals surface area contributed by atoms with E-state index in [0.29, 0.717) is 24.2 Å². The average molecular weight is 605 g/mol. The average Bonchev–Trinajstić information content (AvgIpc) is 3.70. The van der Waals surface area contributed by atoms with Crippen LogP contribution >= 0.6 is 7.75 Å². The Labute approximate surface area is 241 Å². The van der Waals surface area contributed by atoms with Gasteiger partial charge in [-0.1, -0.05) is 18.2 Å². The molecule has 5 N–H and O–H groups in total. The molecular formula is C26H33N6O9P. The van der Waals surface area contributed by atoms with Gasteiger partial charge >= 0.3 is 13.7 Å². The minimum Gasteiger partial charge on any atom is -0.459 e. The van der Waals surface area contributed by atoms with Crippen LogP contribution in [-0.2, 0) is 28.1 Å². The third-order valence-corrected chi connectivity index (χ3v) is 8.56. The van der Waals surface area contributed by atoms with Gasteiger partial charge < -0.3 is 34.7 Å². The van der Waals surface area contributed by atoms with Crippen LogP contribution in [-0.4, -0.2) is 93.8 Å². The second kappa shape index (κ2) is 12.4. The predicted octanol–water partition coefficient (Wildman–Crippen LogP) is 1.06. The smallest absolute Gasteiger partial charge is 0.459 e. The van der Waals surface area contributed by atoms with Crippen molar-refractivity contribution < 1.29 is 42.8 Å². The third-order valence-electron chi connectivity index (χ3n) is 6.94. The van der Waals surface area contributed by atoms with Crippen molar-refractivity contribution in [1.29, 1.82) is 0 Å². The Morgan fingerprint density at radius 3 is 2.83 bits per heavy atom. The third kappa shape index (κ3) is 6.17. The van der Waals surface area contributed by atoms with Gasteiger partial charge in [0.1, 0.15) is 48.1 Å². The number of fused-ring (bicyclic) bond motifs is 1. The molecule has 3 aromatic rings. The van der Waals surface area contributed by atoms with E-state index in [0.717, 1.165) is 0 Å². The zero-order valence-corrected chi connectivity index (χ0v) is 23.9. The lowest BCUT2D eigenvalue weighted by Gasteiger charge is -2.30. The molecular weight excluding hydrogens is 571 g/mol. The number of aromatic nitrogens is 3.